The number of fused-ring (bicyclic) bond motifs is 1. The first kappa shape index (κ1) is 16.3. The van der Waals surface area contributed by atoms with Crippen molar-refractivity contribution >= 4 is 29.1 Å². The Kier molecular flexibility index (Phi) is 4.11. The predicted octanol–water partition coefficient (Wildman–Crippen LogP) is 2.89. The van der Waals surface area contributed by atoms with Crippen LogP contribution in [0.15, 0.2) is 29.7 Å². The normalized spacial score (nSPS) is 17.4. The van der Waals surface area contributed by atoms with Gasteiger partial charge in [-0.3, -0.25) is 9.59 Å². The summed E-state index contributed by atoms with van der Waals surface area (Å²) in [7, 11) is 0. The number of anilines is 1. The molecule has 1 aliphatic heterocycles. The first-order valence-corrected chi connectivity index (χ1v) is 9.44. The van der Waals surface area contributed by atoms with Crippen molar-refractivity contribution in [1.82, 2.24) is 14.8 Å². The number of benzene rings is 1. The highest BCUT2D eigenvalue weighted by molar-refractivity contribution is 8.00. The van der Waals surface area contributed by atoms with Gasteiger partial charge in [-0.1, -0.05) is 11.8 Å². The third-order valence-corrected chi connectivity index (χ3v) is 5.84. The Hall–Kier alpha value is -2.15. The van der Waals surface area contributed by atoms with Crippen LogP contribution in [0.5, 0.6) is 0 Å². The first-order valence-electron chi connectivity index (χ1n) is 8.56. The molecule has 6 nitrogen and oxygen atoms in total. The largest absolute Gasteiger partial charge is 0.312 e. The molecule has 0 spiro atoms. The topological polar surface area (TPSA) is 68.1 Å². The summed E-state index contributed by atoms with van der Waals surface area (Å²) >= 11 is 1.46. The van der Waals surface area contributed by atoms with Crippen LogP contribution in [-0.4, -0.2) is 38.2 Å². The lowest BCUT2D eigenvalue weighted by atomic mass is 10.0. The Morgan fingerprint density at radius 2 is 2.12 bits per heavy atom. The number of ketones is 1. The maximum absolute atomic E-state index is 12.8. The Labute approximate surface area is 150 Å². The minimum Gasteiger partial charge on any atom is -0.312 e. The van der Waals surface area contributed by atoms with Crippen molar-refractivity contribution in [2.45, 2.75) is 49.6 Å². The van der Waals surface area contributed by atoms with E-state index in [0.717, 1.165) is 35.7 Å². The third-order valence-electron chi connectivity index (χ3n) is 4.77. The fourth-order valence-corrected chi connectivity index (χ4v) is 4.22. The second-order valence-corrected chi connectivity index (χ2v) is 7.95. The number of hydrogen-bond donors (Lipinski definition) is 0. The Morgan fingerprint density at radius 1 is 1.32 bits per heavy atom. The third kappa shape index (κ3) is 3.08. The Bertz CT molecular complexity index is 843. The summed E-state index contributed by atoms with van der Waals surface area (Å²) in [4.78, 5) is 26.2. The Morgan fingerprint density at radius 3 is 2.84 bits per heavy atom. The number of carbonyl (C=O) groups excluding carboxylic acids is 2. The van der Waals surface area contributed by atoms with Gasteiger partial charge in [-0.15, -0.1) is 10.2 Å². The molecule has 1 aromatic heterocycles. The van der Waals surface area contributed by atoms with Crippen LogP contribution in [0.25, 0.3) is 0 Å². The zero-order chi connectivity index (χ0) is 17.6. The molecule has 130 valence electrons. The minimum atomic E-state index is -0.231. The minimum absolute atomic E-state index is 0.0427. The first-order chi connectivity index (χ1) is 12.0. The van der Waals surface area contributed by atoms with E-state index in [1.807, 2.05) is 25.1 Å². The number of thioether (sulfide) groups is 1. The van der Waals surface area contributed by atoms with Crippen molar-refractivity contribution in [3.63, 3.8) is 0 Å². The lowest BCUT2D eigenvalue weighted by molar-refractivity contribution is -0.116. The van der Waals surface area contributed by atoms with Crippen molar-refractivity contribution in [3.8, 4) is 0 Å². The quantitative estimate of drug-likeness (QED) is 0.609. The molecule has 1 saturated carbocycles. The highest BCUT2D eigenvalue weighted by Gasteiger charge is 2.29. The van der Waals surface area contributed by atoms with Crippen molar-refractivity contribution in [2.24, 2.45) is 0 Å². The monoisotopic (exact) mass is 356 g/mol. The van der Waals surface area contributed by atoms with Crippen LogP contribution in [0.3, 0.4) is 0 Å². The van der Waals surface area contributed by atoms with Crippen molar-refractivity contribution in [1.29, 1.82) is 0 Å². The summed E-state index contributed by atoms with van der Waals surface area (Å²) in [5.74, 6) is 0.126. The van der Waals surface area contributed by atoms with Crippen LogP contribution in [0.2, 0.25) is 0 Å². The molecule has 1 amide bonds. The van der Waals surface area contributed by atoms with Crippen LogP contribution < -0.4 is 4.90 Å². The van der Waals surface area contributed by atoms with Gasteiger partial charge in [-0.25, -0.2) is 0 Å². The molecule has 2 heterocycles. The number of rotatable bonds is 5. The average Bonchev–Trinajstić information content (AvgIpc) is 3.18. The van der Waals surface area contributed by atoms with E-state index in [9.17, 15) is 9.59 Å². The fraction of sp³-hybridized carbons (Fsp3) is 0.444. The molecule has 0 radical (unpaired) electrons. The second kappa shape index (κ2) is 6.29. The summed E-state index contributed by atoms with van der Waals surface area (Å²) in [5.41, 5.74) is 2.69. The van der Waals surface area contributed by atoms with E-state index in [1.54, 1.807) is 18.2 Å². The van der Waals surface area contributed by atoms with Gasteiger partial charge in [-0.2, -0.15) is 0 Å². The molecule has 2 aromatic rings. The molecule has 0 N–H and O–H groups in total. The summed E-state index contributed by atoms with van der Waals surface area (Å²) in [6, 6.07) is 6.15. The average molecular weight is 356 g/mol. The highest BCUT2D eigenvalue weighted by Crippen LogP contribution is 2.38. The highest BCUT2D eigenvalue weighted by atomic mass is 32.2. The SMILES string of the molecule is CC(=O)N1CCc2cc(C(=O)[C@@H](C)Sc3nncn3C3CC3)ccc21. The predicted molar refractivity (Wildman–Crippen MR) is 96.1 cm³/mol. The van der Waals surface area contributed by atoms with E-state index >= 15 is 0 Å². The lowest BCUT2D eigenvalue weighted by Gasteiger charge is -2.15. The van der Waals surface area contributed by atoms with Crippen LogP contribution in [-0.2, 0) is 11.2 Å². The molecule has 1 fully saturated rings. The summed E-state index contributed by atoms with van der Waals surface area (Å²) < 4.78 is 2.07. The Balaban J connectivity index is 1.51. The molecule has 0 unspecified atom stereocenters. The second-order valence-electron chi connectivity index (χ2n) is 6.64. The number of carbonyl (C=O) groups is 2. The van der Waals surface area contributed by atoms with Crippen molar-refractivity contribution in [2.75, 3.05) is 11.4 Å². The van der Waals surface area contributed by atoms with E-state index < -0.39 is 0 Å². The van der Waals surface area contributed by atoms with E-state index in [4.69, 9.17) is 0 Å². The fourth-order valence-electron chi connectivity index (χ4n) is 3.25. The van der Waals surface area contributed by atoms with E-state index in [0.29, 0.717) is 18.2 Å². The van der Waals surface area contributed by atoms with Crippen LogP contribution in [0.1, 0.15) is 48.7 Å². The van der Waals surface area contributed by atoms with Crippen molar-refractivity contribution in [3.05, 3.63) is 35.7 Å². The van der Waals surface area contributed by atoms with Gasteiger partial charge in [0.2, 0.25) is 5.91 Å². The van der Waals surface area contributed by atoms with Gasteiger partial charge in [0.1, 0.15) is 6.33 Å². The molecule has 1 atom stereocenters. The van der Waals surface area contributed by atoms with Gasteiger partial charge in [-0.05, 0) is 49.9 Å². The molecule has 1 aromatic carbocycles. The van der Waals surface area contributed by atoms with Crippen LogP contribution in [0, 0.1) is 0 Å². The van der Waals surface area contributed by atoms with Gasteiger partial charge in [0.25, 0.3) is 0 Å². The number of amides is 1. The summed E-state index contributed by atoms with van der Waals surface area (Å²) in [6.07, 6.45) is 4.87. The maximum atomic E-state index is 12.8. The molecule has 7 heteroatoms. The van der Waals surface area contributed by atoms with Gasteiger partial charge >= 0.3 is 0 Å². The molecule has 2 aliphatic rings. The zero-order valence-corrected chi connectivity index (χ0v) is 15.1. The smallest absolute Gasteiger partial charge is 0.223 e. The molecule has 4 rings (SSSR count). The number of hydrogen-bond acceptors (Lipinski definition) is 5. The molecule has 1 aliphatic carbocycles. The standard InChI is InChI=1S/C18H20N4O2S/c1-11(25-18-20-19-10-22(18)15-4-5-15)17(24)14-3-6-16-13(9-14)7-8-21(16)12(2)23/h3,6,9-11,15H,4-5,7-8H2,1-2H3/t11-/m1/s1. The summed E-state index contributed by atoms with van der Waals surface area (Å²) in [6.45, 7) is 4.17. The van der Waals surface area contributed by atoms with Crippen LogP contribution in [0.4, 0.5) is 5.69 Å². The zero-order valence-electron chi connectivity index (χ0n) is 14.3. The number of aromatic nitrogens is 3. The van der Waals surface area contributed by atoms with Gasteiger partial charge < -0.3 is 9.47 Å². The van der Waals surface area contributed by atoms with Gasteiger partial charge in [0, 0.05) is 30.8 Å². The number of Topliss-reactive ketones (excluding diaryl/α,β-unsaturated/α-hetero) is 1. The summed E-state index contributed by atoms with van der Waals surface area (Å²) in [5, 5.41) is 8.73. The van der Waals surface area contributed by atoms with E-state index in [2.05, 4.69) is 14.8 Å². The lowest BCUT2D eigenvalue weighted by Crippen LogP contribution is -2.25. The maximum Gasteiger partial charge on any atom is 0.223 e. The van der Waals surface area contributed by atoms with E-state index in [-0.39, 0.29) is 16.9 Å². The van der Waals surface area contributed by atoms with Crippen LogP contribution >= 0.6 is 11.8 Å². The molecular formula is C18H20N4O2S. The molecule has 0 saturated heterocycles. The van der Waals surface area contributed by atoms with Gasteiger partial charge in [0.05, 0.1) is 5.25 Å². The van der Waals surface area contributed by atoms with Gasteiger partial charge in [0.15, 0.2) is 10.9 Å². The number of nitrogens with zero attached hydrogens (tertiary/aromatic N) is 4. The van der Waals surface area contributed by atoms with E-state index in [1.165, 1.54) is 11.8 Å². The molecular weight excluding hydrogens is 336 g/mol. The van der Waals surface area contributed by atoms with Crippen molar-refractivity contribution < 1.29 is 9.59 Å². The molecule has 25 heavy (non-hydrogen) atoms. The molecule has 0 bridgehead atoms.